The molecular formula is C17H24N2OS. The predicted octanol–water partition coefficient (Wildman–Crippen LogP) is 3.27. The van der Waals surface area contributed by atoms with Gasteiger partial charge in [0.2, 0.25) is 0 Å². The molecule has 1 aromatic carbocycles. The molecule has 3 nitrogen and oxygen atoms in total. The van der Waals surface area contributed by atoms with Gasteiger partial charge >= 0.3 is 0 Å². The summed E-state index contributed by atoms with van der Waals surface area (Å²) >= 11 is 1.71. The maximum absolute atomic E-state index is 9.20. The van der Waals surface area contributed by atoms with E-state index in [9.17, 15) is 5.11 Å². The van der Waals surface area contributed by atoms with Gasteiger partial charge in [-0.05, 0) is 25.8 Å². The van der Waals surface area contributed by atoms with E-state index in [4.69, 9.17) is 0 Å². The number of hydrogen-bond donors (Lipinski definition) is 1. The van der Waals surface area contributed by atoms with Crippen molar-refractivity contribution in [2.75, 3.05) is 13.2 Å². The van der Waals surface area contributed by atoms with Crippen LogP contribution in [0.15, 0.2) is 35.7 Å². The molecule has 0 saturated carbocycles. The molecule has 0 aliphatic carbocycles. The smallest absolute Gasteiger partial charge is 0.0897 e. The van der Waals surface area contributed by atoms with Crippen molar-refractivity contribution in [3.05, 3.63) is 52.0 Å². The Morgan fingerprint density at radius 1 is 1.29 bits per heavy atom. The standard InChI is InChI=1S/C17H24N2OS/c1-14(9-11-20)19(12-16-6-4-3-5-7-16)10-8-17-13-21-15(2)18-17/h3-7,13-14,20H,8-12H2,1-2H3. The summed E-state index contributed by atoms with van der Waals surface area (Å²) < 4.78 is 0. The van der Waals surface area contributed by atoms with Crippen LogP contribution in [0.5, 0.6) is 0 Å². The number of hydrogen-bond acceptors (Lipinski definition) is 4. The maximum Gasteiger partial charge on any atom is 0.0897 e. The van der Waals surface area contributed by atoms with Crippen molar-refractivity contribution >= 4 is 11.3 Å². The number of aromatic nitrogens is 1. The van der Waals surface area contributed by atoms with Gasteiger partial charge in [0.25, 0.3) is 0 Å². The van der Waals surface area contributed by atoms with Crippen LogP contribution in [0.3, 0.4) is 0 Å². The summed E-state index contributed by atoms with van der Waals surface area (Å²) in [5, 5.41) is 12.5. The highest BCUT2D eigenvalue weighted by molar-refractivity contribution is 7.09. The second kappa shape index (κ2) is 8.27. The lowest BCUT2D eigenvalue weighted by molar-refractivity contribution is 0.161. The van der Waals surface area contributed by atoms with E-state index in [2.05, 4.69) is 46.5 Å². The molecule has 2 aromatic rings. The van der Waals surface area contributed by atoms with Crippen LogP contribution in [-0.2, 0) is 13.0 Å². The molecule has 0 radical (unpaired) electrons. The molecule has 1 heterocycles. The highest BCUT2D eigenvalue weighted by Gasteiger charge is 2.14. The largest absolute Gasteiger partial charge is 0.396 e. The Labute approximate surface area is 131 Å². The van der Waals surface area contributed by atoms with Gasteiger partial charge < -0.3 is 5.11 Å². The van der Waals surface area contributed by atoms with Gasteiger partial charge in [0, 0.05) is 37.5 Å². The van der Waals surface area contributed by atoms with Gasteiger partial charge in [0.15, 0.2) is 0 Å². The van der Waals surface area contributed by atoms with Crippen molar-refractivity contribution in [2.45, 2.75) is 39.3 Å². The molecule has 2 rings (SSSR count). The predicted molar refractivity (Wildman–Crippen MR) is 88.6 cm³/mol. The minimum Gasteiger partial charge on any atom is -0.396 e. The third kappa shape index (κ3) is 5.23. The summed E-state index contributed by atoms with van der Waals surface area (Å²) in [6, 6.07) is 10.9. The van der Waals surface area contributed by atoms with E-state index in [1.54, 1.807) is 11.3 Å². The van der Waals surface area contributed by atoms with Crippen molar-refractivity contribution < 1.29 is 5.11 Å². The van der Waals surface area contributed by atoms with E-state index in [0.717, 1.165) is 30.9 Å². The van der Waals surface area contributed by atoms with Gasteiger partial charge in [-0.25, -0.2) is 4.98 Å². The number of aliphatic hydroxyl groups excluding tert-OH is 1. The molecule has 0 bridgehead atoms. The molecule has 0 aliphatic rings. The molecule has 1 aromatic heterocycles. The molecular weight excluding hydrogens is 280 g/mol. The molecule has 1 unspecified atom stereocenters. The van der Waals surface area contributed by atoms with E-state index < -0.39 is 0 Å². The van der Waals surface area contributed by atoms with E-state index in [1.165, 1.54) is 11.3 Å². The highest BCUT2D eigenvalue weighted by Crippen LogP contribution is 2.14. The van der Waals surface area contributed by atoms with Crippen LogP contribution < -0.4 is 0 Å². The number of rotatable bonds is 8. The molecule has 4 heteroatoms. The first-order chi connectivity index (χ1) is 10.2. The van der Waals surface area contributed by atoms with Gasteiger partial charge in [0.05, 0.1) is 10.7 Å². The van der Waals surface area contributed by atoms with Gasteiger partial charge in [-0.3, -0.25) is 4.90 Å². The van der Waals surface area contributed by atoms with Crippen LogP contribution in [0.2, 0.25) is 0 Å². The minimum absolute atomic E-state index is 0.238. The minimum atomic E-state index is 0.238. The Morgan fingerprint density at radius 3 is 2.67 bits per heavy atom. The number of thiazole rings is 1. The van der Waals surface area contributed by atoms with Crippen molar-refractivity contribution in [3.8, 4) is 0 Å². The fourth-order valence-electron chi connectivity index (χ4n) is 2.42. The summed E-state index contributed by atoms with van der Waals surface area (Å²) in [5.41, 5.74) is 2.49. The molecule has 0 aliphatic heterocycles. The van der Waals surface area contributed by atoms with E-state index in [-0.39, 0.29) is 6.61 Å². The molecule has 1 N–H and O–H groups in total. The number of aryl methyl sites for hydroxylation is 1. The summed E-state index contributed by atoms with van der Waals surface area (Å²) in [5.74, 6) is 0. The molecule has 114 valence electrons. The van der Waals surface area contributed by atoms with Crippen LogP contribution in [0.4, 0.5) is 0 Å². The van der Waals surface area contributed by atoms with Crippen LogP contribution in [0, 0.1) is 6.92 Å². The summed E-state index contributed by atoms with van der Waals surface area (Å²) in [6.07, 6.45) is 1.77. The third-order valence-corrected chi connectivity index (χ3v) is 4.54. The maximum atomic E-state index is 9.20. The monoisotopic (exact) mass is 304 g/mol. The lowest BCUT2D eigenvalue weighted by atomic mass is 10.1. The number of benzene rings is 1. The Balaban J connectivity index is 1.98. The molecule has 0 saturated heterocycles. The Kier molecular flexibility index (Phi) is 6.36. The first kappa shape index (κ1) is 16.1. The SMILES string of the molecule is Cc1nc(CCN(Cc2ccccc2)C(C)CCO)cs1. The van der Waals surface area contributed by atoms with E-state index in [1.807, 2.05) is 13.0 Å². The topological polar surface area (TPSA) is 36.4 Å². The zero-order valence-corrected chi connectivity index (χ0v) is 13.6. The van der Waals surface area contributed by atoms with Crippen LogP contribution in [-0.4, -0.2) is 34.2 Å². The fourth-order valence-corrected chi connectivity index (χ4v) is 3.07. The van der Waals surface area contributed by atoms with Crippen LogP contribution >= 0.6 is 11.3 Å². The summed E-state index contributed by atoms with van der Waals surface area (Å²) in [6.45, 7) is 6.36. The van der Waals surface area contributed by atoms with Crippen LogP contribution in [0.25, 0.3) is 0 Å². The second-order valence-corrected chi connectivity index (χ2v) is 6.49. The first-order valence-corrected chi connectivity index (χ1v) is 8.37. The molecule has 1 atom stereocenters. The average molecular weight is 304 g/mol. The zero-order chi connectivity index (χ0) is 15.1. The van der Waals surface area contributed by atoms with Crippen molar-refractivity contribution in [2.24, 2.45) is 0 Å². The molecule has 0 spiro atoms. The molecule has 0 fully saturated rings. The summed E-state index contributed by atoms with van der Waals surface area (Å²) in [7, 11) is 0. The van der Waals surface area contributed by atoms with Gasteiger partial charge in [0.1, 0.15) is 0 Å². The molecule has 21 heavy (non-hydrogen) atoms. The third-order valence-electron chi connectivity index (χ3n) is 3.72. The van der Waals surface area contributed by atoms with Crippen molar-refractivity contribution in [1.29, 1.82) is 0 Å². The molecule has 0 amide bonds. The van der Waals surface area contributed by atoms with Gasteiger partial charge in [-0.2, -0.15) is 0 Å². The Hall–Kier alpha value is -1.23. The van der Waals surface area contributed by atoms with E-state index in [0.29, 0.717) is 6.04 Å². The fraction of sp³-hybridized carbons (Fsp3) is 0.471. The number of nitrogens with zero attached hydrogens (tertiary/aromatic N) is 2. The van der Waals surface area contributed by atoms with E-state index >= 15 is 0 Å². The van der Waals surface area contributed by atoms with Crippen molar-refractivity contribution in [3.63, 3.8) is 0 Å². The van der Waals surface area contributed by atoms with Gasteiger partial charge in [-0.15, -0.1) is 11.3 Å². The number of aliphatic hydroxyl groups is 1. The lowest BCUT2D eigenvalue weighted by Gasteiger charge is -2.28. The van der Waals surface area contributed by atoms with Crippen LogP contribution in [0.1, 0.15) is 29.6 Å². The Bertz CT molecular complexity index is 527. The second-order valence-electron chi connectivity index (χ2n) is 5.43. The highest BCUT2D eigenvalue weighted by atomic mass is 32.1. The Morgan fingerprint density at radius 2 is 2.05 bits per heavy atom. The normalized spacial score (nSPS) is 12.8. The zero-order valence-electron chi connectivity index (χ0n) is 12.8. The average Bonchev–Trinajstić information content (AvgIpc) is 2.90. The van der Waals surface area contributed by atoms with Gasteiger partial charge in [-0.1, -0.05) is 30.3 Å². The quantitative estimate of drug-likeness (QED) is 0.813. The summed E-state index contributed by atoms with van der Waals surface area (Å²) in [4.78, 5) is 6.97. The first-order valence-electron chi connectivity index (χ1n) is 7.49. The lowest BCUT2D eigenvalue weighted by Crippen LogP contribution is -2.35. The van der Waals surface area contributed by atoms with Crippen molar-refractivity contribution in [1.82, 2.24) is 9.88 Å².